The lowest BCUT2D eigenvalue weighted by Crippen LogP contribution is -2.45. The van der Waals surface area contributed by atoms with Crippen LogP contribution in [-0.4, -0.2) is 44.7 Å². The summed E-state index contributed by atoms with van der Waals surface area (Å²) in [5.41, 5.74) is 2.70. The van der Waals surface area contributed by atoms with Crippen LogP contribution in [0.5, 0.6) is 11.5 Å². The molecule has 0 fully saturated rings. The zero-order valence-corrected chi connectivity index (χ0v) is 15.9. The normalized spacial score (nSPS) is 18.9. The van der Waals surface area contributed by atoms with Crippen molar-refractivity contribution in [3.63, 3.8) is 0 Å². The van der Waals surface area contributed by atoms with Gasteiger partial charge in [0.1, 0.15) is 11.5 Å². The smallest absolute Gasteiger partial charge is 0.322 e. The molecule has 1 atom stereocenters. The summed E-state index contributed by atoms with van der Waals surface area (Å²) in [6, 6.07) is 13.9. The summed E-state index contributed by atoms with van der Waals surface area (Å²) < 4.78 is 10.8. The van der Waals surface area contributed by atoms with Crippen LogP contribution < -0.4 is 19.7 Å². The molecule has 2 aromatic carbocycles. The Hall–Kier alpha value is -3.48. The number of anilines is 1. The van der Waals surface area contributed by atoms with Crippen LogP contribution in [0.25, 0.3) is 0 Å². The monoisotopic (exact) mass is 379 g/mol. The molecular formula is C21H21N3O4. The van der Waals surface area contributed by atoms with Gasteiger partial charge >= 0.3 is 6.03 Å². The number of benzene rings is 2. The molecule has 144 valence electrons. The first-order valence-electron chi connectivity index (χ1n) is 8.91. The molecule has 0 bridgehead atoms. The van der Waals surface area contributed by atoms with Gasteiger partial charge in [0, 0.05) is 18.3 Å². The molecule has 1 N–H and O–H groups in total. The Bertz CT molecular complexity index is 971. The van der Waals surface area contributed by atoms with Gasteiger partial charge in [-0.2, -0.15) is 0 Å². The molecule has 28 heavy (non-hydrogen) atoms. The molecule has 4 rings (SSSR count). The van der Waals surface area contributed by atoms with E-state index in [1.807, 2.05) is 30.3 Å². The second-order valence-electron chi connectivity index (χ2n) is 6.64. The predicted molar refractivity (Wildman–Crippen MR) is 104 cm³/mol. The zero-order chi connectivity index (χ0) is 19.8. The second kappa shape index (κ2) is 6.92. The van der Waals surface area contributed by atoms with Crippen molar-refractivity contribution in [1.29, 1.82) is 0 Å². The first-order valence-corrected chi connectivity index (χ1v) is 8.91. The number of likely N-dealkylation sites (N-methyl/N-ethyl adjacent to an activating group) is 1. The number of nitrogens with one attached hydrogen (secondary N) is 1. The Morgan fingerprint density at radius 3 is 2.46 bits per heavy atom. The van der Waals surface area contributed by atoms with Crippen molar-refractivity contribution in [1.82, 2.24) is 10.2 Å². The van der Waals surface area contributed by atoms with Crippen LogP contribution in [-0.2, 0) is 4.79 Å². The number of ether oxygens (including phenoxy) is 2. The summed E-state index contributed by atoms with van der Waals surface area (Å²) in [4.78, 5) is 29.1. The van der Waals surface area contributed by atoms with Gasteiger partial charge < -0.3 is 19.7 Å². The van der Waals surface area contributed by atoms with Gasteiger partial charge in [-0.15, -0.1) is 0 Å². The third kappa shape index (κ3) is 2.76. The SMILES string of the molecule is COc1ccc(OC)c(C2NC(=O)N(C)C3=C2C(=O)N(c2ccccc2)C3)c1. The Morgan fingerprint density at radius 1 is 1.04 bits per heavy atom. The van der Waals surface area contributed by atoms with Gasteiger partial charge in [0.25, 0.3) is 5.91 Å². The van der Waals surface area contributed by atoms with Gasteiger partial charge in [-0.3, -0.25) is 9.69 Å². The van der Waals surface area contributed by atoms with Gasteiger partial charge in [-0.1, -0.05) is 18.2 Å². The van der Waals surface area contributed by atoms with Crippen LogP contribution in [0.3, 0.4) is 0 Å². The number of para-hydroxylation sites is 1. The van der Waals surface area contributed by atoms with Crippen LogP contribution >= 0.6 is 0 Å². The van der Waals surface area contributed by atoms with E-state index >= 15 is 0 Å². The summed E-state index contributed by atoms with van der Waals surface area (Å²) in [5.74, 6) is 1.06. The number of amides is 3. The number of hydrogen-bond donors (Lipinski definition) is 1. The fraction of sp³-hybridized carbons (Fsp3) is 0.238. The first-order chi connectivity index (χ1) is 13.5. The maximum Gasteiger partial charge on any atom is 0.322 e. The lowest BCUT2D eigenvalue weighted by Gasteiger charge is -2.31. The van der Waals surface area contributed by atoms with Crippen LogP contribution in [0.2, 0.25) is 0 Å². The van der Waals surface area contributed by atoms with Crippen LogP contribution in [0, 0.1) is 0 Å². The van der Waals surface area contributed by atoms with E-state index in [0.29, 0.717) is 34.9 Å². The van der Waals surface area contributed by atoms with E-state index in [2.05, 4.69) is 5.32 Å². The molecule has 7 nitrogen and oxygen atoms in total. The molecule has 2 aromatic rings. The molecule has 0 saturated heterocycles. The van der Waals surface area contributed by atoms with Crippen LogP contribution in [0.15, 0.2) is 59.8 Å². The molecule has 0 aromatic heterocycles. The van der Waals surface area contributed by atoms with E-state index in [9.17, 15) is 9.59 Å². The highest BCUT2D eigenvalue weighted by Gasteiger charge is 2.44. The molecule has 3 amide bonds. The van der Waals surface area contributed by atoms with Gasteiger partial charge in [0.2, 0.25) is 0 Å². The highest BCUT2D eigenvalue weighted by atomic mass is 16.5. The lowest BCUT2D eigenvalue weighted by molar-refractivity contribution is -0.114. The van der Waals surface area contributed by atoms with E-state index in [0.717, 1.165) is 5.69 Å². The maximum atomic E-state index is 13.3. The van der Waals surface area contributed by atoms with Gasteiger partial charge in [0.15, 0.2) is 0 Å². The molecule has 0 aliphatic carbocycles. The van der Waals surface area contributed by atoms with Crippen molar-refractivity contribution < 1.29 is 19.1 Å². The van der Waals surface area contributed by atoms with Crippen molar-refractivity contribution >= 4 is 17.6 Å². The minimum atomic E-state index is -0.620. The minimum Gasteiger partial charge on any atom is -0.497 e. The quantitative estimate of drug-likeness (QED) is 0.887. The molecule has 7 heteroatoms. The van der Waals surface area contributed by atoms with Crippen molar-refractivity contribution in [3.8, 4) is 11.5 Å². The summed E-state index contributed by atoms with van der Waals surface area (Å²) in [7, 11) is 4.80. The third-order valence-electron chi connectivity index (χ3n) is 5.18. The van der Waals surface area contributed by atoms with Crippen molar-refractivity contribution in [2.45, 2.75) is 6.04 Å². The molecule has 1 unspecified atom stereocenters. The number of carbonyl (C=O) groups is 2. The highest BCUT2D eigenvalue weighted by Crippen LogP contribution is 2.41. The number of urea groups is 1. The number of carbonyl (C=O) groups excluding carboxylic acids is 2. The van der Waals surface area contributed by atoms with Gasteiger partial charge in [-0.25, -0.2) is 4.79 Å². The van der Waals surface area contributed by atoms with Crippen molar-refractivity contribution in [2.75, 3.05) is 32.7 Å². The molecule has 2 aliphatic heterocycles. The van der Waals surface area contributed by atoms with E-state index in [1.54, 1.807) is 44.4 Å². The van der Waals surface area contributed by atoms with Crippen molar-refractivity contribution in [2.24, 2.45) is 0 Å². The van der Waals surface area contributed by atoms with E-state index in [-0.39, 0.29) is 11.9 Å². The number of rotatable bonds is 4. The van der Waals surface area contributed by atoms with E-state index < -0.39 is 6.04 Å². The minimum absolute atomic E-state index is 0.136. The average Bonchev–Trinajstić information content (AvgIpc) is 3.08. The van der Waals surface area contributed by atoms with Gasteiger partial charge in [-0.05, 0) is 30.3 Å². The fourth-order valence-electron chi connectivity index (χ4n) is 3.68. The van der Waals surface area contributed by atoms with E-state index in [4.69, 9.17) is 9.47 Å². The number of methoxy groups -OCH3 is 2. The molecular weight excluding hydrogens is 358 g/mol. The molecule has 2 aliphatic rings. The standard InChI is InChI=1S/C21H21N3O4/c1-23-16-12-24(13-7-5-4-6-8-13)20(25)18(16)19(22-21(23)26)15-11-14(27-2)9-10-17(15)28-3/h4-11,19H,12H2,1-3H3,(H,22,26). The third-order valence-corrected chi connectivity index (χ3v) is 5.18. The summed E-state index contributed by atoms with van der Waals surface area (Å²) >= 11 is 0. The Labute approximate surface area is 163 Å². The number of hydrogen-bond acceptors (Lipinski definition) is 4. The largest absolute Gasteiger partial charge is 0.497 e. The molecule has 0 radical (unpaired) electrons. The summed E-state index contributed by atoms with van der Waals surface area (Å²) in [6.45, 7) is 0.338. The highest BCUT2D eigenvalue weighted by molar-refractivity contribution is 6.11. The summed E-state index contributed by atoms with van der Waals surface area (Å²) in [5, 5.41) is 2.93. The average molecular weight is 379 g/mol. The molecule has 0 spiro atoms. The lowest BCUT2D eigenvalue weighted by atomic mass is 9.94. The van der Waals surface area contributed by atoms with Crippen LogP contribution in [0.4, 0.5) is 10.5 Å². The number of nitrogens with zero attached hydrogens (tertiary/aromatic N) is 2. The van der Waals surface area contributed by atoms with Crippen LogP contribution in [0.1, 0.15) is 11.6 Å². The Balaban J connectivity index is 1.82. The van der Waals surface area contributed by atoms with Gasteiger partial charge in [0.05, 0.1) is 38.1 Å². The first kappa shape index (κ1) is 17.9. The molecule has 2 heterocycles. The maximum absolute atomic E-state index is 13.3. The Kier molecular flexibility index (Phi) is 4.43. The molecule has 0 saturated carbocycles. The second-order valence-corrected chi connectivity index (χ2v) is 6.64. The Morgan fingerprint density at radius 2 is 1.79 bits per heavy atom. The summed E-state index contributed by atoms with van der Waals surface area (Å²) in [6.07, 6.45) is 0. The van der Waals surface area contributed by atoms with Crippen molar-refractivity contribution in [3.05, 3.63) is 65.4 Å². The zero-order valence-electron chi connectivity index (χ0n) is 15.9. The predicted octanol–water partition coefficient (Wildman–Crippen LogP) is 2.70. The fourth-order valence-corrected chi connectivity index (χ4v) is 3.68. The topological polar surface area (TPSA) is 71.1 Å². The van der Waals surface area contributed by atoms with E-state index in [1.165, 1.54) is 4.90 Å².